The zero-order valence-electron chi connectivity index (χ0n) is 14.1. The van der Waals surface area contributed by atoms with Gasteiger partial charge in [-0.25, -0.2) is 9.59 Å². The molecule has 0 fully saturated rings. The van der Waals surface area contributed by atoms with Crippen molar-refractivity contribution in [2.24, 2.45) is 0 Å². The Balaban J connectivity index is 1.78. The normalized spacial score (nSPS) is 14.4. The third kappa shape index (κ3) is 3.30. The predicted molar refractivity (Wildman–Crippen MR) is 90.5 cm³/mol. The van der Waals surface area contributed by atoms with Crippen molar-refractivity contribution in [3.63, 3.8) is 0 Å². The highest BCUT2D eigenvalue weighted by Crippen LogP contribution is 2.29. The Kier molecular flexibility index (Phi) is 4.88. The van der Waals surface area contributed by atoms with E-state index in [0.29, 0.717) is 17.9 Å². The zero-order chi connectivity index (χ0) is 17.1. The van der Waals surface area contributed by atoms with Crippen molar-refractivity contribution in [3.05, 3.63) is 39.7 Å². The monoisotopic (exact) mass is 330 g/mol. The molecular formula is C19H22O5. The first-order valence-electron chi connectivity index (χ1n) is 8.52. The lowest BCUT2D eigenvalue weighted by molar-refractivity contribution is -0.151. The van der Waals surface area contributed by atoms with Gasteiger partial charge in [0.05, 0.1) is 6.61 Å². The summed E-state index contributed by atoms with van der Waals surface area (Å²) in [6.45, 7) is 4.09. The number of carbonyl (C=O) groups excluding carboxylic acids is 1. The van der Waals surface area contributed by atoms with E-state index in [2.05, 4.69) is 0 Å². The van der Waals surface area contributed by atoms with Crippen molar-refractivity contribution in [3.8, 4) is 5.75 Å². The molecule has 1 heterocycles. The average molecular weight is 330 g/mol. The van der Waals surface area contributed by atoms with E-state index in [1.165, 1.54) is 0 Å². The highest BCUT2D eigenvalue weighted by Gasteiger charge is 2.21. The summed E-state index contributed by atoms with van der Waals surface area (Å²) in [6, 6.07) is 5.37. The van der Waals surface area contributed by atoms with E-state index in [1.54, 1.807) is 19.1 Å². The largest absolute Gasteiger partial charge is 0.479 e. The van der Waals surface area contributed by atoms with Crippen LogP contribution in [0.15, 0.2) is 27.4 Å². The highest BCUT2D eigenvalue weighted by atomic mass is 16.6. The number of ether oxygens (including phenoxy) is 2. The van der Waals surface area contributed by atoms with Crippen LogP contribution in [0, 0.1) is 0 Å². The van der Waals surface area contributed by atoms with E-state index in [0.717, 1.165) is 48.6 Å². The molecule has 1 aliphatic rings. The Bertz CT molecular complexity index is 805. The van der Waals surface area contributed by atoms with Crippen LogP contribution in [-0.4, -0.2) is 18.7 Å². The molecule has 0 saturated carbocycles. The minimum Gasteiger partial charge on any atom is -0.479 e. The van der Waals surface area contributed by atoms with Crippen LogP contribution in [-0.2, 0) is 22.4 Å². The molecule has 3 rings (SSSR count). The van der Waals surface area contributed by atoms with Crippen LogP contribution in [0.3, 0.4) is 0 Å². The summed E-state index contributed by atoms with van der Waals surface area (Å²) in [4.78, 5) is 23.9. The Labute approximate surface area is 140 Å². The van der Waals surface area contributed by atoms with Gasteiger partial charge in [0.25, 0.3) is 0 Å². The number of rotatable bonds is 6. The second-order valence-electron chi connectivity index (χ2n) is 6.14. The number of benzene rings is 1. The van der Waals surface area contributed by atoms with Crippen LogP contribution < -0.4 is 10.4 Å². The van der Waals surface area contributed by atoms with Gasteiger partial charge < -0.3 is 13.9 Å². The summed E-state index contributed by atoms with van der Waals surface area (Å²) in [5.41, 5.74) is 2.12. The standard InChI is InChI=1S/C19H22O5/c1-3-4-10-22-18(20)12(2)23-13-8-9-15-14-6-5-7-16(14)19(21)24-17(15)11-13/h8-9,11-12H,3-7,10H2,1-2H3/t12-/m0/s1. The molecule has 0 saturated heterocycles. The summed E-state index contributed by atoms with van der Waals surface area (Å²) in [6.07, 6.45) is 3.77. The fraction of sp³-hybridized carbons (Fsp3) is 0.474. The molecule has 1 aromatic heterocycles. The van der Waals surface area contributed by atoms with Crippen LogP contribution in [0.1, 0.15) is 44.2 Å². The Morgan fingerprint density at radius 2 is 2.08 bits per heavy atom. The number of carbonyl (C=O) groups is 1. The van der Waals surface area contributed by atoms with E-state index in [-0.39, 0.29) is 11.6 Å². The predicted octanol–water partition coefficient (Wildman–Crippen LogP) is 3.39. The van der Waals surface area contributed by atoms with Crippen LogP contribution in [0.2, 0.25) is 0 Å². The van der Waals surface area contributed by atoms with Gasteiger partial charge in [-0.05, 0) is 50.3 Å². The maximum absolute atomic E-state index is 12.0. The topological polar surface area (TPSA) is 65.7 Å². The Morgan fingerprint density at radius 1 is 1.29 bits per heavy atom. The number of esters is 1. The first-order valence-corrected chi connectivity index (χ1v) is 8.52. The van der Waals surface area contributed by atoms with E-state index in [1.807, 2.05) is 13.0 Å². The number of hydrogen-bond acceptors (Lipinski definition) is 5. The van der Waals surface area contributed by atoms with Gasteiger partial charge in [-0.3, -0.25) is 0 Å². The Morgan fingerprint density at radius 3 is 2.88 bits per heavy atom. The Hall–Kier alpha value is -2.30. The maximum Gasteiger partial charge on any atom is 0.347 e. The molecular weight excluding hydrogens is 308 g/mol. The smallest absolute Gasteiger partial charge is 0.347 e. The summed E-state index contributed by atoms with van der Waals surface area (Å²) in [7, 11) is 0. The molecule has 24 heavy (non-hydrogen) atoms. The summed E-state index contributed by atoms with van der Waals surface area (Å²) in [5, 5.41) is 0.952. The molecule has 1 aromatic carbocycles. The number of fused-ring (bicyclic) bond motifs is 3. The minimum absolute atomic E-state index is 0.265. The average Bonchev–Trinajstić information content (AvgIpc) is 3.05. The molecule has 0 amide bonds. The lowest BCUT2D eigenvalue weighted by atomic mass is 10.1. The van der Waals surface area contributed by atoms with Gasteiger partial charge in [0.15, 0.2) is 6.10 Å². The molecule has 1 atom stereocenters. The quantitative estimate of drug-likeness (QED) is 0.461. The van der Waals surface area contributed by atoms with Crippen molar-refractivity contribution in [1.29, 1.82) is 0 Å². The molecule has 1 aliphatic carbocycles. The second kappa shape index (κ2) is 7.07. The van der Waals surface area contributed by atoms with Gasteiger partial charge >= 0.3 is 11.6 Å². The van der Waals surface area contributed by atoms with Crippen LogP contribution in [0.5, 0.6) is 5.75 Å². The van der Waals surface area contributed by atoms with Gasteiger partial charge in [-0.15, -0.1) is 0 Å². The van der Waals surface area contributed by atoms with Gasteiger partial charge in [-0.1, -0.05) is 13.3 Å². The van der Waals surface area contributed by atoms with Crippen LogP contribution >= 0.6 is 0 Å². The molecule has 128 valence electrons. The lowest BCUT2D eigenvalue weighted by Gasteiger charge is -2.14. The second-order valence-corrected chi connectivity index (χ2v) is 6.14. The van der Waals surface area contributed by atoms with Crippen molar-refractivity contribution >= 4 is 16.9 Å². The van der Waals surface area contributed by atoms with E-state index in [4.69, 9.17) is 13.9 Å². The summed E-state index contributed by atoms with van der Waals surface area (Å²) < 4.78 is 16.2. The van der Waals surface area contributed by atoms with Gasteiger partial charge in [0.1, 0.15) is 11.3 Å². The van der Waals surface area contributed by atoms with Gasteiger partial charge in [0, 0.05) is 17.0 Å². The molecule has 0 aliphatic heterocycles. The third-order valence-electron chi connectivity index (χ3n) is 4.33. The number of unbranched alkanes of at least 4 members (excludes halogenated alkanes) is 1. The molecule has 5 nitrogen and oxygen atoms in total. The zero-order valence-corrected chi connectivity index (χ0v) is 14.1. The number of hydrogen-bond donors (Lipinski definition) is 0. The van der Waals surface area contributed by atoms with Gasteiger partial charge in [-0.2, -0.15) is 0 Å². The first kappa shape index (κ1) is 16.6. The lowest BCUT2D eigenvalue weighted by Crippen LogP contribution is -2.26. The molecule has 0 unspecified atom stereocenters. The molecule has 2 aromatic rings. The summed E-state index contributed by atoms with van der Waals surface area (Å²) in [5.74, 6) is 0.0995. The number of aryl methyl sites for hydroxylation is 1. The van der Waals surface area contributed by atoms with E-state index < -0.39 is 6.10 Å². The fourth-order valence-corrected chi connectivity index (χ4v) is 3.02. The molecule has 5 heteroatoms. The molecule has 0 spiro atoms. The third-order valence-corrected chi connectivity index (χ3v) is 4.33. The fourth-order valence-electron chi connectivity index (χ4n) is 3.02. The van der Waals surface area contributed by atoms with Crippen LogP contribution in [0.4, 0.5) is 0 Å². The van der Waals surface area contributed by atoms with E-state index >= 15 is 0 Å². The SMILES string of the molecule is CCCCOC(=O)[C@H](C)Oc1ccc2c3c(c(=O)oc2c1)CCC3. The first-order chi connectivity index (χ1) is 11.6. The van der Waals surface area contributed by atoms with Gasteiger partial charge in [0.2, 0.25) is 0 Å². The minimum atomic E-state index is -0.708. The molecule has 0 bridgehead atoms. The molecule has 0 N–H and O–H groups in total. The van der Waals surface area contributed by atoms with Crippen molar-refractivity contribution < 1.29 is 18.7 Å². The highest BCUT2D eigenvalue weighted by molar-refractivity contribution is 5.83. The van der Waals surface area contributed by atoms with Crippen LogP contribution in [0.25, 0.3) is 11.0 Å². The van der Waals surface area contributed by atoms with Crippen molar-refractivity contribution in [2.75, 3.05) is 6.61 Å². The van der Waals surface area contributed by atoms with E-state index in [9.17, 15) is 9.59 Å². The van der Waals surface area contributed by atoms with Crippen molar-refractivity contribution in [1.82, 2.24) is 0 Å². The maximum atomic E-state index is 12.0. The molecule has 0 radical (unpaired) electrons. The van der Waals surface area contributed by atoms with Crippen molar-refractivity contribution in [2.45, 2.75) is 52.1 Å². The summed E-state index contributed by atoms with van der Waals surface area (Å²) >= 11 is 0.